The van der Waals surface area contributed by atoms with Crippen molar-refractivity contribution in [2.24, 2.45) is 0 Å². The highest BCUT2D eigenvalue weighted by atomic mass is 16.4. The number of aryl methyl sites for hydroxylation is 1. The molecule has 0 atom stereocenters. The predicted molar refractivity (Wildman–Crippen MR) is 54.1 cm³/mol. The van der Waals surface area contributed by atoms with Gasteiger partial charge in [-0.2, -0.15) is 0 Å². The lowest BCUT2D eigenvalue weighted by molar-refractivity contribution is -0.306. The van der Waals surface area contributed by atoms with Crippen molar-refractivity contribution in [3.8, 4) is 0 Å². The molecule has 0 aliphatic rings. The number of carbonyl (C=O) groups excluding carboxylic acids is 1. The molecule has 0 bridgehead atoms. The average Bonchev–Trinajstić information content (AvgIpc) is 2.56. The number of carboxylic acid groups (broad SMARTS) is 1. The molecule has 2 aromatic rings. The number of benzene rings is 1. The summed E-state index contributed by atoms with van der Waals surface area (Å²) in [5.41, 5.74) is 1.68. The van der Waals surface area contributed by atoms with Crippen LogP contribution in [0.3, 0.4) is 0 Å². The average molecular weight is 203 g/mol. The number of aliphatic carboxylic acids is 1. The first-order valence-corrected chi connectivity index (χ1v) is 4.86. The van der Waals surface area contributed by atoms with Crippen LogP contribution in [-0.2, 0) is 17.8 Å². The Morgan fingerprint density at radius 2 is 2.20 bits per heavy atom. The maximum absolute atomic E-state index is 10.6. The van der Waals surface area contributed by atoms with Gasteiger partial charge < -0.3 is 14.5 Å². The van der Waals surface area contributed by atoms with E-state index >= 15 is 0 Å². The summed E-state index contributed by atoms with van der Waals surface area (Å²) in [4.78, 5) is 15.0. The van der Waals surface area contributed by atoms with E-state index in [-0.39, 0.29) is 6.54 Å². The van der Waals surface area contributed by atoms with Crippen molar-refractivity contribution < 1.29 is 9.90 Å². The zero-order valence-electron chi connectivity index (χ0n) is 8.43. The van der Waals surface area contributed by atoms with Gasteiger partial charge in [0.2, 0.25) is 0 Å². The van der Waals surface area contributed by atoms with Crippen molar-refractivity contribution in [3.05, 3.63) is 30.1 Å². The summed E-state index contributed by atoms with van der Waals surface area (Å²) in [5.74, 6) is -0.312. The maximum atomic E-state index is 10.6. The number of hydrogen-bond donors (Lipinski definition) is 0. The molecule has 78 valence electrons. The molecule has 0 saturated heterocycles. The molecule has 0 aliphatic carbocycles. The van der Waals surface area contributed by atoms with Crippen LogP contribution in [0.15, 0.2) is 24.3 Å². The lowest BCUT2D eigenvalue weighted by Crippen LogP contribution is -2.28. The molecule has 4 heteroatoms. The first kappa shape index (κ1) is 9.71. The van der Waals surface area contributed by atoms with Crippen molar-refractivity contribution in [2.45, 2.75) is 19.9 Å². The molecule has 0 unspecified atom stereocenters. The standard InChI is InChI=1S/C11H12N2O2/c1-2-10-12-8-5-3-4-6-9(8)13(10)7-11(14)15/h3-6H,2,7H2,1H3,(H,14,15)/p-1. The smallest absolute Gasteiger partial charge is 0.109 e. The number of nitrogens with zero attached hydrogens (tertiary/aromatic N) is 2. The van der Waals surface area contributed by atoms with E-state index < -0.39 is 5.97 Å². The van der Waals surface area contributed by atoms with Gasteiger partial charge in [-0.3, -0.25) is 0 Å². The second kappa shape index (κ2) is 3.73. The highest BCUT2D eigenvalue weighted by molar-refractivity contribution is 5.78. The van der Waals surface area contributed by atoms with Gasteiger partial charge in [-0.1, -0.05) is 19.1 Å². The summed E-state index contributed by atoms with van der Waals surface area (Å²) in [5, 5.41) is 10.6. The lowest BCUT2D eigenvalue weighted by atomic mass is 10.3. The topological polar surface area (TPSA) is 58.0 Å². The van der Waals surface area contributed by atoms with E-state index in [1.165, 1.54) is 0 Å². The van der Waals surface area contributed by atoms with E-state index in [1.807, 2.05) is 31.2 Å². The highest BCUT2D eigenvalue weighted by Crippen LogP contribution is 2.15. The summed E-state index contributed by atoms with van der Waals surface area (Å²) in [6, 6.07) is 7.50. The Balaban J connectivity index is 2.61. The molecular weight excluding hydrogens is 192 g/mol. The largest absolute Gasteiger partial charge is 0.548 e. The summed E-state index contributed by atoms with van der Waals surface area (Å²) < 4.78 is 1.69. The third-order valence-electron chi connectivity index (χ3n) is 2.34. The quantitative estimate of drug-likeness (QED) is 0.723. The van der Waals surface area contributed by atoms with Gasteiger partial charge in [-0.15, -0.1) is 0 Å². The predicted octanol–water partition coefficient (Wildman–Crippen LogP) is 0.349. The summed E-state index contributed by atoms with van der Waals surface area (Å²) in [7, 11) is 0. The maximum Gasteiger partial charge on any atom is 0.109 e. The molecule has 1 heterocycles. The molecule has 2 rings (SSSR count). The van der Waals surface area contributed by atoms with E-state index in [9.17, 15) is 9.90 Å². The van der Waals surface area contributed by atoms with Crippen LogP contribution in [0, 0.1) is 0 Å². The number of imidazole rings is 1. The molecule has 1 aromatic carbocycles. The van der Waals surface area contributed by atoms with Gasteiger partial charge in [0, 0.05) is 6.42 Å². The van der Waals surface area contributed by atoms with E-state index in [0.717, 1.165) is 16.9 Å². The number of carboxylic acids is 1. The molecule has 0 amide bonds. The van der Waals surface area contributed by atoms with Gasteiger partial charge in [0.25, 0.3) is 0 Å². The van der Waals surface area contributed by atoms with Crippen LogP contribution in [0.4, 0.5) is 0 Å². The van der Waals surface area contributed by atoms with E-state index in [4.69, 9.17) is 0 Å². The van der Waals surface area contributed by atoms with Crippen LogP contribution >= 0.6 is 0 Å². The molecule has 0 saturated carbocycles. The van der Waals surface area contributed by atoms with Gasteiger partial charge in [-0.05, 0) is 12.1 Å². The van der Waals surface area contributed by atoms with Crippen LogP contribution in [0.2, 0.25) is 0 Å². The van der Waals surface area contributed by atoms with Crippen molar-refractivity contribution in [1.29, 1.82) is 0 Å². The van der Waals surface area contributed by atoms with Crippen molar-refractivity contribution in [2.75, 3.05) is 0 Å². The zero-order valence-corrected chi connectivity index (χ0v) is 8.43. The van der Waals surface area contributed by atoms with Gasteiger partial charge >= 0.3 is 0 Å². The fraction of sp³-hybridized carbons (Fsp3) is 0.273. The third kappa shape index (κ3) is 1.70. The molecule has 0 N–H and O–H groups in total. The van der Waals surface area contributed by atoms with Crippen LogP contribution < -0.4 is 5.11 Å². The Kier molecular flexibility index (Phi) is 2.41. The normalized spacial score (nSPS) is 10.7. The monoisotopic (exact) mass is 203 g/mol. The summed E-state index contributed by atoms with van der Waals surface area (Å²) >= 11 is 0. The fourth-order valence-corrected chi connectivity index (χ4v) is 1.70. The number of para-hydroxylation sites is 2. The Hall–Kier alpha value is -1.84. The molecule has 0 fully saturated rings. The first-order chi connectivity index (χ1) is 7.22. The molecule has 0 radical (unpaired) electrons. The molecule has 1 aromatic heterocycles. The van der Waals surface area contributed by atoms with Crippen LogP contribution in [0.25, 0.3) is 11.0 Å². The van der Waals surface area contributed by atoms with Gasteiger partial charge in [-0.25, -0.2) is 4.98 Å². The van der Waals surface area contributed by atoms with Crippen molar-refractivity contribution in [3.63, 3.8) is 0 Å². The Morgan fingerprint density at radius 1 is 1.47 bits per heavy atom. The molecule has 0 aliphatic heterocycles. The lowest BCUT2D eigenvalue weighted by Gasteiger charge is -2.08. The number of aromatic nitrogens is 2. The van der Waals surface area contributed by atoms with Crippen molar-refractivity contribution >= 4 is 17.0 Å². The first-order valence-electron chi connectivity index (χ1n) is 4.86. The Labute approximate surface area is 87.2 Å². The SMILES string of the molecule is CCc1nc2ccccc2n1CC(=O)[O-]. The number of hydrogen-bond acceptors (Lipinski definition) is 3. The fourth-order valence-electron chi connectivity index (χ4n) is 1.70. The second-order valence-corrected chi connectivity index (χ2v) is 3.33. The van der Waals surface area contributed by atoms with Crippen molar-refractivity contribution in [1.82, 2.24) is 9.55 Å². The molecule has 0 spiro atoms. The molecule has 15 heavy (non-hydrogen) atoms. The minimum Gasteiger partial charge on any atom is -0.548 e. The highest BCUT2D eigenvalue weighted by Gasteiger charge is 2.07. The minimum atomic E-state index is -1.09. The second-order valence-electron chi connectivity index (χ2n) is 3.33. The van der Waals surface area contributed by atoms with E-state index in [0.29, 0.717) is 6.42 Å². The Bertz CT molecular complexity index is 502. The number of rotatable bonds is 3. The molecular formula is C11H11N2O2-. The van der Waals surface area contributed by atoms with Gasteiger partial charge in [0.05, 0.1) is 23.5 Å². The van der Waals surface area contributed by atoms with E-state index in [1.54, 1.807) is 4.57 Å². The number of carbonyl (C=O) groups is 1. The zero-order chi connectivity index (χ0) is 10.8. The third-order valence-corrected chi connectivity index (χ3v) is 2.34. The Morgan fingerprint density at radius 3 is 2.87 bits per heavy atom. The summed E-state index contributed by atoms with van der Waals surface area (Å²) in [6.07, 6.45) is 0.710. The summed E-state index contributed by atoms with van der Waals surface area (Å²) in [6.45, 7) is 1.82. The van der Waals surface area contributed by atoms with Gasteiger partial charge in [0.15, 0.2) is 0 Å². The van der Waals surface area contributed by atoms with Crippen LogP contribution in [0.1, 0.15) is 12.7 Å². The van der Waals surface area contributed by atoms with E-state index in [2.05, 4.69) is 4.98 Å². The minimum absolute atomic E-state index is 0.135. The van der Waals surface area contributed by atoms with Crippen LogP contribution in [-0.4, -0.2) is 15.5 Å². The van der Waals surface area contributed by atoms with Gasteiger partial charge in [0.1, 0.15) is 5.82 Å². The molecule has 4 nitrogen and oxygen atoms in total. The number of fused-ring (bicyclic) bond motifs is 1. The van der Waals surface area contributed by atoms with Crippen LogP contribution in [0.5, 0.6) is 0 Å².